The lowest BCUT2D eigenvalue weighted by Crippen LogP contribution is -2.33. The van der Waals surface area contributed by atoms with Gasteiger partial charge in [-0.2, -0.15) is 0 Å². The maximum absolute atomic E-state index is 2.61. The van der Waals surface area contributed by atoms with Crippen LogP contribution < -0.4 is 0 Å². The van der Waals surface area contributed by atoms with E-state index in [9.17, 15) is 0 Å². The zero-order valence-corrected chi connectivity index (χ0v) is 9.97. The van der Waals surface area contributed by atoms with Crippen molar-refractivity contribution < 1.29 is 0 Å². The number of unbranched alkanes of at least 4 members (excludes halogenated alkanes) is 2. The van der Waals surface area contributed by atoms with Gasteiger partial charge in [-0.15, -0.1) is 0 Å². The summed E-state index contributed by atoms with van der Waals surface area (Å²) in [5, 5.41) is 0. The first-order valence-corrected chi connectivity index (χ1v) is 6.00. The van der Waals surface area contributed by atoms with E-state index in [0.29, 0.717) is 0 Å². The molecule has 0 fully saturated rings. The van der Waals surface area contributed by atoms with E-state index >= 15 is 0 Å². The quantitative estimate of drug-likeness (QED) is 0.557. The Morgan fingerprint density at radius 2 is 1.62 bits per heavy atom. The first-order valence-electron chi connectivity index (χ1n) is 6.00. The van der Waals surface area contributed by atoms with E-state index in [0.717, 1.165) is 6.04 Å². The molecule has 0 aliphatic rings. The van der Waals surface area contributed by atoms with Crippen molar-refractivity contribution in [3.63, 3.8) is 0 Å². The van der Waals surface area contributed by atoms with Gasteiger partial charge in [-0.1, -0.05) is 40.0 Å². The van der Waals surface area contributed by atoms with Crippen LogP contribution in [0, 0.1) is 0 Å². The highest BCUT2D eigenvalue weighted by molar-refractivity contribution is 4.65. The summed E-state index contributed by atoms with van der Waals surface area (Å²) < 4.78 is 0. The highest BCUT2D eigenvalue weighted by Gasteiger charge is 2.09. The van der Waals surface area contributed by atoms with E-state index in [2.05, 4.69) is 32.6 Å². The maximum Gasteiger partial charge on any atom is 0.00668 e. The lowest BCUT2D eigenvalue weighted by atomic mass is 10.1. The predicted octanol–water partition coefficient (Wildman–Crippen LogP) is 3.69. The molecule has 0 saturated heterocycles. The Bertz CT molecular complexity index is 101. The van der Waals surface area contributed by atoms with Gasteiger partial charge in [-0.25, -0.2) is 0 Å². The van der Waals surface area contributed by atoms with Crippen LogP contribution in [0.3, 0.4) is 0 Å². The summed E-state index contributed by atoms with van der Waals surface area (Å²) in [6.45, 7) is 11.7. The number of rotatable bonds is 8. The molecule has 0 heterocycles. The van der Waals surface area contributed by atoms with E-state index in [1.54, 1.807) is 0 Å². The van der Waals surface area contributed by atoms with Gasteiger partial charge in [-0.3, -0.25) is 0 Å². The summed E-state index contributed by atoms with van der Waals surface area (Å²) in [4.78, 5) is 2.61. The van der Waals surface area contributed by atoms with E-state index < -0.39 is 0 Å². The van der Waals surface area contributed by atoms with Crippen LogP contribution in [0.1, 0.15) is 59.8 Å². The van der Waals surface area contributed by atoms with Gasteiger partial charge in [0.2, 0.25) is 0 Å². The monoisotopic (exact) mass is 185 g/mol. The van der Waals surface area contributed by atoms with Crippen molar-refractivity contribution in [1.29, 1.82) is 0 Å². The van der Waals surface area contributed by atoms with Crippen LogP contribution >= 0.6 is 0 Å². The highest BCUT2D eigenvalue weighted by Crippen LogP contribution is 2.09. The molecule has 0 bridgehead atoms. The minimum absolute atomic E-state index is 0.788. The van der Waals surface area contributed by atoms with Crippen LogP contribution in [-0.4, -0.2) is 24.0 Å². The highest BCUT2D eigenvalue weighted by atomic mass is 15.1. The summed E-state index contributed by atoms with van der Waals surface area (Å²) >= 11 is 0. The molecule has 1 nitrogen and oxygen atoms in total. The molecule has 0 radical (unpaired) electrons. The largest absolute Gasteiger partial charge is 0.301 e. The lowest BCUT2D eigenvalue weighted by Gasteiger charge is -2.27. The Balaban J connectivity index is 3.63. The molecule has 1 atom stereocenters. The second kappa shape index (κ2) is 8.55. The van der Waals surface area contributed by atoms with Crippen LogP contribution in [0.25, 0.3) is 0 Å². The van der Waals surface area contributed by atoms with Crippen LogP contribution in [-0.2, 0) is 0 Å². The molecule has 80 valence electrons. The number of nitrogens with zero attached hydrogens (tertiary/aromatic N) is 1. The van der Waals surface area contributed by atoms with Crippen molar-refractivity contribution in [3.05, 3.63) is 0 Å². The molecule has 1 unspecified atom stereocenters. The minimum Gasteiger partial charge on any atom is -0.301 e. The molecule has 0 aromatic rings. The molecule has 0 saturated carbocycles. The van der Waals surface area contributed by atoms with Crippen molar-refractivity contribution >= 4 is 0 Å². The standard InChI is InChI=1S/C12H27N/c1-5-8-10-12(4)13(7-3)11-9-6-2/h12H,5-11H2,1-4H3. The normalized spacial score (nSPS) is 13.6. The van der Waals surface area contributed by atoms with Crippen LogP contribution in [0.15, 0.2) is 0 Å². The molecule has 0 aromatic heterocycles. The molecule has 13 heavy (non-hydrogen) atoms. The Labute approximate surface area is 84.5 Å². The Morgan fingerprint density at radius 3 is 2.08 bits per heavy atom. The van der Waals surface area contributed by atoms with Gasteiger partial charge in [0, 0.05) is 6.04 Å². The molecule has 0 amide bonds. The molecule has 0 rings (SSSR count). The van der Waals surface area contributed by atoms with E-state index in [4.69, 9.17) is 0 Å². The fourth-order valence-corrected chi connectivity index (χ4v) is 1.73. The molecular weight excluding hydrogens is 158 g/mol. The zero-order valence-electron chi connectivity index (χ0n) is 9.97. The van der Waals surface area contributed by atoms with Crippen molar-refractivity contribution in [3.8, 4) is 0 Å². The molecule has 0 N–H and O–H groups in total. The first-order chi connectivity index (χ1) is 6.26. The third-order valence-electron chi connectivity index (χ3n) is 2.80. The summed E-state index contributed by atoms with van der Waals surface area (Å²) in [5.41, 5.74) is 0. The topological polar surface area (TPSA) is 3.24 Å². The van der Waals surface area contributed by atoms with Crippen LogP contribution in [0.4, 0.5) is 0 Å². The average Bonchev–Trinajstić information content (AvgIpc) is 2.16. The molecule has 0 aliphatic heterocycles. The second-order valence-electron chi connectivity index (χ2n) is 3.97. The fourth-order valence-electron chi connectivity index (χ4n) is 1.73. The Hall–Kier alpha value is -0.0400. The van der Waals surface area contributed by atoms with Crippen molar-refractivity contribution in [2.45, 2.75) is 65.8 Å². The van der Waals surface area contributed by atoms with E-state index in [-0.39, 0.29) is 0 Å². The van der Waals surface area contributed by atoms with Gasteiger partial charge in [0.25, 0.3) is 0 Å². The van der Waals surface area contributed by atoms with Gasteiger partial charge in [0.05, 0.1) is 0 Å². The van der Waals surface area contributed by atoms with Crippen LogP contribution in [0.2, 0.25) is 0 Å². The van der Waals surface area contributed by atoms with Gasteiger partial charge < -0.3 is 4.90 Å². The average molecular weight is 185 g/mol. The summed E-state index contributed by atoms with van der Waals surface area (Å²) in [5.74, 6) is 0. The molecule has 0 spiro atoms. The van der Waals surface area contributed by atoms with E-state index in [1.807, 2.05) is 0 Å². The van der Waals surface area contributed by atoms with Gasteiger partial charge >= 0.3 is 0 Å². The van der Waals surface area contributed by atoms with Gasteiger partial charge in [-0.05, 0) is 32.9 Å². The number of hydrogen-bond donors (Lipinski definition) is 0. The second-order valence-corrected chi connectivity index (χ2v) is 3.97. The smallest absolute Gasteiger partial charge is 0.00668 e. The van der Waals surface area contributed by atoms with Crippen LogP contribution in [0.5, 0.6) is 0 Å². The molecular formula is C12H27N. The maximum atomic E-state index is 2.61. The summed E-state index contributed by atoms with van der Waals surface area (Å²) in [6, 6.07) is 0.788. The third-order valence-corrected chi connectivity index (χ3v) is 2.80. The number of hydrogen-bond acceptors (Lipinski definition) is 1. The molecule has 1 heteroatoms. The summed E-state index contributed by atoms with van der Waals surface area (Å²) in [7, 11) is 0. The SMILES string of the molecule is CCCCC(C)N(CC)CCCC. The minimum atomic E-state index is 0.788. The molecule has 0 aliphatic carbocycles. The van der Waals surface area contributed by atoms with E-state index in [1.165, 1.54) is 45.2 Å². The van der Waals surface area contributed by atoms with Crippen molar-refractivity contribution in [2.24, 2.45) is 0 Å². The summed E-state index contributed by atoms with van der Waals surface area (Å²) in [6.07, 6.45) is 6.74. The first kappa shape index (κ1) is 13.0. The predicted molar refractivity (Wildman–Crippen MR) is 61.1 cm³/mol. The Kier molecular flexibility index (Phi) is 8.53. The fraction of sp³-hybridized carbons (Fsp3) is 1.00. The molecule has 0 aromatic carbocycles. The third kappa shape index (κ3) is 6.09. The van der Waals surface area contributed by atoms with Gasteiger partial charge in [0.1, 0.15) is 0 Å². The van der Waals surface area contributed by atoms with Crippen molar-refractivity contribution in [2.75, 3.05) is 13.1 Å². The van der Waals surface area contributed by atoms with Gasteiger partial charge in [0.15, 0.2) is 0 Å². The Morgan fingerprint density at radius 1 is 1.00 bits per heavy atom. The zero-order chi connectivity index (χ0) is 10.1. The van der Waals surface area contributed by atoms with Crippen molar-refractivity contribution in [1.82, 2.24) is 4.90 Å². The lowest BCUT2D eigenvalue weighted by molar-refractivity contribution is 0.204.